The van der Waals surface area contributed by atoms with Gasteiger partial charge >= 0.3 is 0 Å². The van der Waals surface area contributed by atoms with E-state index in [9.17, 15) is 0 Å². The first-order valence-electron chi connectivity index (χ1n) is 12.2. The minimum Gasteiger partial charge on any atom is -0.383 e. The maximum atomic E-state index is 5.85. The van der Waals surface area contributed by atoms with Gasteiger partial charge in [-0.25, -0.2) is 9.97 Å². The normalized spacial score (nSPS) is 11.6. The molecule has 2 aromatic heterocycles. The van der Waals surface area contributed by atoms with E-state index >= 15 is 0 Å². The molecule has 5 nitrogen and oxygen atoms in total. The van der Waals surface area contributed by atoms with Gasteiger partial charge in [-0.15, -0.1) is 0 Å². The zero-order valence-electron chi connectivity index (χ0n) is 22.2. The molecule has 5 heteroatoms. The molecule has 2 rings (SSSR count). The summed E-state index contributed by atoms with van der Waals surface area (Å²) in [6.07, 6.45) is 5.78. The van der Waals surface area contributed by atoms with Crippen molar-refractivity contribution in [3.05, 3.63) is 47.3 Å². The number of aromatic nitrogens is 2. The van der Waals surface area contributed by atoms with Gasteiger partial charge in [-0.2, -0.15) is 0 Å². The van der Waals surface area contributed by atoms with Crippen LogP contribution in [0.1, 0.15) is 84.4 Å². The molecule has 1 unspecified atom stereocenters. The molecule has 0 aliphatic heterocycles. The molecule has 0 saturated heterocycles. The van der Waals surface area contributed by atoms with Crippen LogP contribution in [-0.4, -0.2) is 34.5 Å². The van der Waals surface area contributed by atoms with Gasteiger partial charge in [-0.3, -0.25) is 0 Å². The maximum Gasteiger partial charge on any atom is 0.127 e. The topological polar surface area (TPSA) is 81.1 Å². The SMILES string of the molecule is CC(C)Cc1cccnc1N.CCCN(CC)CC.Cc1ccnc(N)c1C(C)C(C)C. The largest absolute Gasteiger partial charge is 0.383 e. The van der Waals surface area contributed by atoms with Crippen LogP contribution in [0.4, 0.5) is 11.6 Å². The Balaban J connectivity index is 0.000000465. The smallest absolute Gasteiger partial charge is 0.127 e. The third kappa shape index (κ3) is 11.5. The number of hydrogen-bond acceptors (Lipinski definition) is 5. The second kappa shape index (κ2) is 16.5. The van der Waals surface area contributed by atoms with Crippen LogP contribution >= 0.6 is 0 Å². The lowest BCUT2D eigenvalue weighted by atomic mass is 9.88. The number of nitrogens with zero attached hydrogens (tertiary/aromatic N) is 3. The van der Waals surface area contributed by atoms with E-state index in [2.05, 4.69) is 77.2 Å². The number of pyridine rings is 2. The van der Waals surface area contributed by atoms with Gasteiger partial charge in [0.05, 0.1) is 0 Å². The van der Waals surface area contributed by atoms with Crippen molar-refractivity contribution in [2.24, 2.45) is 11.8 Å². The van der Waals surface area contributed by atoms with Crippen molar-refractivity contribution < 1.29 is 0 Å². The summed E-state index contributed by atoms with van der Waals surface area (Å²) in [7, 11) is 0. The summed E-state index contributed by atoms with van der Waals surface area (Å²) in [5, 5.41) is 0. The molecule has 0 aliphatic rings. The molecule has 4 N–H and O–H groups in total. The van der Waals surface area contributed by atoms with Crippen LogP contribution in [0, 0.1) is 18.8 Å². The van der Waals surface area contributed by atoms with Crippen molar-refractivity contribution in [3.8, 4) is 0 Å². The standard InChI is InChI=1S/C11H18N2.C9H14N2.C7H17N/c1-7(2)9(4)10-8(3)5-6-13-11(10)12;1-7(2)6-8-4-3-5-11-9(8)10;1-4-7-8(5-2)6-3/h5-7,9H,1-4H3,(H2,12,13);3-5,7H,6H2,1-2H3,(H2,10,11);4-7H2,1-3H3. The summed E-state index contributed by atoms with van der Waals surface area (Å²) in [5.41, 5.74) is 15.1. The summed E-state index contributed by atoms with van der Waals surface area (Å²) in [6, 6.07) is 5.97. The van der Waals surface area contributed by atoms with E-state index in [1.807, 2.05) is 18.2 Å². The Morgan fingerprint density at radius 1 is 0.875 bits per heavy atom. The van der Waals surface area contributed by atoms with E-state index in [0.717, 1.165) is 12.0 Å². The molecule has 0 fully saturated rings. The molecular formula is C27H49N5. The maximum absolute atomic E-state index is 5.85. The van der Waals surface area contributed by atoms with Crippen molar-refractivity contribution in [3.63, 3.8) is 0 Å². The summed E-state index contributed by atoms with van der Waals surface area (Å²) < 4.78 is 0. The van der Waals surface area contributed by atoms with E-state index in [-0.39, 0.29) is 0 Å². The Bertz CT molecular complexity index is 718. The van der Waals surface area contributed by atoms with Crippen molar-refractivity contribution in [1.82, 2.24) is 14.9 Å². The Morgan fingerprint density at radius 2 is 1.47 bits per heavy atom. The predicted molar refractivity (Wildman–Crippen MR) is 142 cm³/mol. The monoisotopic (exact) mass is 443 g/mol. The molecular weight excluding hydrogens is 394 g/mol. The first-order valence-corrected chi connectivity index (χ1v) is 12.2. The van der Waals surface area contributed by atoms with E-state index in [1.54, 1.807) is 12.4 Å². The average Bonchev–Trinajstić information content (AvgIpc) is 2.74. The Labute approximate surface area is 198 Å². The minimum absolute atomic E-state index is 0.480. The third-order valence-electron chi connectivity index (χ3n) is 5.68. The van der Waals surface area contributed by atoms with Crippen molar-refractivity contribution in [2.45, 2.75) is 81.1 Å². The molecule has 0 aromatic carbocycles. The van der Waals surface area contributed by atoms with Crippen LogP contribution in [0.2, 0.25) is 0 Å². The zero-order valence-corrected chi connectivity index (χ0v) is 22.2. The molecule has 0 aliphatic carbocycles. The van der Waals surface area contributed by atoms with Crippen LogP contribution in [0.3, 0.4) is 0 Å². The van der Waals surface area contributed by atoms with Crippen LogP contribution in [0.25, 0.3) is 0 Å². The van der Waals surface area contributed by atoms with Gasteiger partial charge in [-0.1, -0.05) is 61.5 Å². The highest BCUT2D eigenvalue weighted by Gasteiger charge is 2.15. The molecule has 2 aromatic rings. The second-order valence-corrected chi connectivity index (χ2v) is 9.13. The van der Waals surface area contributed by atoms with Gasteiger partial charge in [0.25, 0.3) is 0 Å². The Kier molecular flexibility index (Phi) is 15.4. The molecule has 1 atom stereocenters. The number of nitrogen functional groups attached to an aromatic ring is 2. The lowest BCUT2D eigenvalue weighted by molar-refractivity contribution is 0.304. The molecule has 0 amide bonds. The van der Waals surface area contributed by atoms with Gasteiger partial charge in [0.1, 0.15) is 11.6 Å². The van der Waals surface area contributed by atoms with Crippen LogP contribution < -0.4 is 11.5 Å². The first kappa shape index (κ1) is 29.9. The van der Waals surface area contributed by atoms with Crippen molar-refractivity contribution in [2.75, 3.05) is 31.1 Å². The molecule has 0 radical (unpaired) electrons. The molecule has 0 spiro atoms. The molecule has 2 heterocycles. The third-order valence-corrected chi connectivity index (χ3v) is 5.68. The average molecular weight is 444 g/mol. The highest BCUT2D eigenvalue weighted by Crippen LogP contribution is 2.29. The van der Waals surface area contributed by atoms with E-state index in [0.29, 0.717) is 29.4 Å². The van der Waals surface area contributed by atoms with Crippen molar-refractivity contribution >= 4 is 11.6 Å². The van der Waals surface area contributed by atoms with Gasteiger partial charge in [0.2, 0.25) is 0 Å². The van der Waals surface area contributed by atoms with Gasteiger partial charge in [-0.05, 0) is 80.4 Å². The Hall–Kier alpha value is -2.14. The zero-order chi connectivity index (χ0) is 24.7. The number of aryl methyl sites for hydroxylation is 1. The quantitative estimate of drug-likeness (QED) is 0.498. The van der Waals surface area contributed by atoms with Gasteiger partial charge in [0.15, 0.2) is 0 Å². The molecule has 182 valence electrons. The summed E-state index contributed by atoms with van der Waals surface area (Å²) in [4.78, 5) is 10.6. The molecule has 0 bridgehead atoms. The number of nitrogens with two attached hydrogens (primary N) is 2. The lowest BCUT2D eigenvalue weighted by Gasteiger charge is -2.19. The second-order valence-electron chi connectivity index (χ2n) is 9.13. The highest BCUT2D eigenvalue weighted by atomic mass is 15.1. The molecule has 32 heavy (non-hydrogen) atoms. The Morgan fingerprint density at radius 3 is 1.88 bits per heavy atom. The lowest BCUT2D eigenvalue weighted by Crippen LogP contribution is -2.23. The fourth-order valence-electron chi connectivity index (χ4n) is 3.44. The summed E-state index contributed by atoms with van der Waals surface area (Å²) in [6.45, 7) is 23.3. The van der Waals surface area contributed by atoms with Crippen LogP contribution in [-0.2, 0) is 6.42 Å². The highest BCUT2D eigenvalue weighted by molar-refractivity contribution is 5.46. The van der Waals surface area contributed by atoms with Gasteiger partial charge < -0.3 is 16.4 Å². The summed E-state index contributed by atoms with van der Waals surface area (Å²) in [5.74, 6) is 3.07. The minimum atomic E-state index is 0.480. The van der Waals surface area contributed by atoms with E-state index in [1.165, 1.54) is 37.2 Å². The fourth-order valence-corrected chi connectivity index (χ4v) is 3.44. The van der Waals surface area contributed by atoms with Crippen LogP contribution in [0.5, 0.6) is 0 Å². The predicted octanol–water partition coefficient (Wildman–Crippen LogP) is 6.33. The number of hydrogen-bond donors (Lipinski definition) is 2. The number of anilines is 2. The van der Waals surface area contributed by atoms with E-state index < -0.39 is 0 Å². The first-order chi connectivity index (χ1) is 15.1. The fraction of sp³-hybridized carbons (Fsp3) is 0.630. The van der Waals surface area contributed by atoms with Crippen LogP contribution in [0.15, 0.2) is 30.6 Å². The van der Waals surface area contributed by atoms with E-state index in [4.69, 9.17) is 11.5 Å². The summed E-state index contributed by atoms with van der Waals surface area (Å²) >= 11 is 0. The van der Waals surface area contributed by atoms with Gasteiger partial charge in [0, 0.05) is 18.0 Å². The van der Waals surface area contributed by atoms with Crippen molar-refractivity contribution in [1.29, 1.82) is 0 Å². The molecule has 0 saturated carbocycles. The number of rotatable bonds is 8.